The maximum atomic E-state index is 12.3. The van der Waals surface area contributed by atoms with Gasteiger partial charge < -0.3 is 10.1 Å². The van der Waals surface area contributed by atoms with Gasteiger partial charge >= 0.3 is 0 Å². The maximum absolute atomic E-state index is 12.3. The van der Waals surface area contributed by atoms with Crippen molar-refractivity contribution in [2.24, 2.45) is 0 Å². The van der Waals surface area contributed by atoms with Crippen LogP contribution < -0.4 is 5.32 Å². The molecule has 4 nitrogen and oxygen atoms in total. The van der Waals surface area contributed by atoms with Gasteiger partial charge in [0.25, 0.3) is 0 Å². The van der Waals surface area contributed by atoms with Gasteiger partial charge in [0, 0.05) is 13.2 Å². The van der Waals surface area contributed by atoms with Crippen molar-refractivity contribution in [2.45, 2.75) is 32.1 Å². The first-order valence-corrected chi connectivity index (χ1v) is 8.64. The lowest BCUT2D eigenvalue weighted by Crippen LogP contribution is -2.37. The molecule has 1 aromatic rings. The molecule has 0 aliphatic carbocycles. The fourth-order valence-corrected chi connectivity index (χ4v) is 3.58. The Morgan fingerprint density at radius 3 is 2.35 bits per heavy atom. The van der Waals surface area contributed by atoms with Crippen molar-refractivity contribution in [1.82, 2.24) is 5.32 Å². The van der Waals surface area contributed by atoms with E-state index in [0.29, 0.717) is 0 Å². The second-order valence-corrected chi connectivity index (χ2v) is 7.49. The summed E-state index contributed by atoms with van der Waals surface area (Å²) in [6, 6.07) is 7.81. The summed E-state index contributed by atoms with van der Waals surface area (Å²) in [4.78, 5) is 0. The zero-order valence-electron chi connectivity index (χ0n) is 12.7. The Kier molecular flexibility index (Phi) is 6.65. The number of nitrogens with one attached hydrogen (secondary N) is 1. The predicted octanol–water partition coefficient (Wildman–Crippen LogP) is 2.10. The monoisotopic (exact) mass is 299 g/mol. The Morgan fingerprint density at radius 2 is 1.85 bits per heavy atom. The smallest absolute Gasteiger partial charge is 0.157 e. The number of methoxy groups -OCH3 is 1. The first kappa shape index (κ1) is 17.1. The largest absolute Gasteiger partial charge is 0.384 e. The van der Waals surface area contributed by atoms with Gasteiger partial charge in [-0.15, -0.1) is 0 Å². The Balaban J connectivity index is 2.98. The summed E-state index contributed by atoms with van der Waals surface area (Å²) in [6.07, 6.45) is 0. The van der Waals surface area contributed by atoms with Gasteiger partial charge in [-0.05, 0) is 26.0 Å². The van der Waals surface area contributed by atoms with Crippen LogP contribution in [0.25, 0.3) is 0 Å². The van der Waals surface area contributed by atoms with Crippen molar-refractivity contribution in [3.8, 4) is 0 Å². The van der Waals surface area contributed by atoms with Crippen molar-refractivity contribution in [1.29, 1.82) is 0 Å². The second kappa shape index (κ2) is 7.76. The van der Waals surface area contributed by atoms with E-state index in [-0.39, 0.29) is 18.4 Å². The normalized spacial score (nSPS) is 15.0. The molecule has 0 bridgehead atoms. The molecular formula is C15H25NO3S. The van der Waals surface area contributed by atoms with Crippen molar-refractivity contribution in [3.63, 3.8) is 0 Å². The van der Waals surface area contributed by atoms with Crippen molar-refractivity contribution < 1.29 is 13.2 Å². The average Bonchev–Trinajstić information content (AvgIpc) is 2.43. The SMILES string of the molecule is CCNC(c1ccc(C)cc1)C(C)S(=O)(=O)CCOC. The quantitative estimate of drug-likeness (QED) is 0.798. The molecule has 0 heterocycles. The van der Waals surface area contributed by atoms with Gasteiger partial charge in [-0.25, -0.2) is 8.42 Å². The summed E-state index contributed by atoms with van der Waals surface area (Å²) in [5, 5.41) is 2.79. The van der Waals surface area contributed by atoms with Gasteiger partial charge in [-0.3, -0.25) is 0 Å². The van der Waals surface area contributed by atoms with E-state index in [4.69, 9.17) is 4.74 Å². The van der Waals surface area contributed by atoms with Crippen LogP contribution >= 0.6 is 0 Å². The highest BCUT2D eigenvalue weighted by Gasteiger charge is 2.29. The molecule has 0 spiro atoms. The van der Waals surface area contributed by atoms with Gasteiger partial charge in [0.15, 0.2) is 9.84 Å². The summed E-state index contributed by atoms with van der Waals surface area (Å²) in [5.41, 5.74) is 2.17. The third kappa shape index (κ3) is 4.58. The van der Waals surface area contributed by atoms with Gasteiger partial charge in [0.05, 0.1) is 17.6 Å². The van der Waals surface area contributed by atoms with Gasteiger partial charge in [-0.1, -0.05) is 36.8 Å². The molecule has 0 aliphatic heterocycles. The highest BCUT2D eigenvalue weighted by atomic mass is 32.2. The van der Waals surface area contributed by atoms with Crippen LogP contribution in [0.3, 0.4) is 0 Å². The lowest BCUT2D eigenvalue weighted by molar-refractivity contribution is 0.216. The van der Waals surface area contributed by atoms with Crippen LogP contribution in [0.2, 0.25) is 0 Å². The molecule has 0 radical (unpaired) electrons. The number of hydrogen-bond acceptors (Lipinski definition) is 4. The third-order valence-corrected chi connectivity index (χ3v) is 5.61. The van der Waals surface area contributed by atoms with Crippen LogP contribution in [0.4, 0.5) is 0 Å². The van der Waals surface area contributed by atoms with Crippen LogP contribution in [-0.2, 0) is 14.6 Å². The highest BCUT2D eigenvalue weighted by Crippen LogP contribution is 2.23. The van der Waals surface area contributed by atoms with E-state index in [1.807, 2.05) is 38.1 Å². The zero-order chi connectivity index (χ0) is 15.2. The molecule has 114 valence electrons. The molecular weight excluding hydrogens is 274 g/mol. The lowest BCUT2D eigenvalue weighted by Gasteiger charge is -2.25. The summed E-state index contributed by atoms with van der Waals surface area (Å²) < 4.78 is 29.5. The van der Waals surface area contributed by atoms with Crippen LogP contribution in [0, 0.1) is 6.92 Å². The summed E-state index contributed by atoms with van der Waals surface area (Å²) in [6.45, 7) is 6.72. The number of sulfone groups is 1. The summed E-state index contributed by atoms with van der Waals surface area (Å²) in [5.74, 6) is 0.0540. The Labute approximate surface area is 122 Å². The number of hydrogen-bond donors (Lipinski definition) is 1. The van der Waals surface area contributed by atoms with E-state index in [2.05, 4.69) is 5.32 Å². The van der Waals surface area contributed by atoms with Gasteiger partial charge in [0.2, 0.25) is 0 Å². The fourth-order valence-electron chi connectivity index (χ4n) is 2.14. The minimum absolute atomic E-state index is 0.0540. The van der Waals surface area contributed by atoms with E-state index < -0.39 is 15.1 Å². The van der Waals surface area contributed by atoms with E-state index >= 15 is 0 Å². The second-order valence-electron chi connectivity index (χ2n) is 5.01. The molecule has 1 rings (SSSR count). The first-order chi connectivity index (χ1) is 9.42. The molecule has 1 N–H and O–H groups in total. The Bertz CT molecular complexity index is 496. The molecule has 0 saturated heterocycles. The van der Waals surface area contributed by atoms with Crippen LogP contribution in [0.1, 0.15) is 31.0 Å². The first-order valence-electron chi connectivity index (χ1n) is 6.92. The summed E-state index contributed by atoms with van der Waals surface area (Å²) >= 11 is 0. The van der Waals surface area contributed by atoms with E-state index in [1.54, 1.807) is 6.92 Å². The molecule has 5 heteroatoms. The molecule has 2 unspecified atom stereocenters. The number of rotatable bonds is 8. The minimum Gasteiger partial charge on any atom is -0.384 e. The van der Waals surface area contributed by atoms with Crippen molar-refractivity contribution in [2.75, 3.05) is 26.0 Å². The van der Waals surface area contributed by atoms with Crippen molar-refractivity contribution >= 4 is 9.84 Å². The Morgan fingerprint density at radius 1 is 1.25 bits per heavy atom. The molecule has 0 aliphatic rings. The number of benzene rings is 1. The molecule has 1 aromatic carbocycles. The number of aryl methyl sites for hydroxylation is 1. The molecule has 0 amide bonds. The van der Waals surface area contributed by atoms with E-state index in [0.717, 1.165) is 12.1 Å². The van der Waals surface area contributed by atoms with Crippen LogP contribution in [0.5, 0.6) is 0 Å². The predicted molar refractivity (Wildman–Crippen MR) is 82.7 cm³/mol. The topological polar surface area (TPSA) is 55.4 Å². The average molecular weight is 299 g/mol. The maximum Gasteiger partial charge on any atom is 0.157 e. The standard InChI is InChI=1S/C15H25NO3S/c1-5-16-15(14-8-6-12(2)7-9-14)13(3)20(17,18)11-10-19-4/h6-9,13,15-16H,5,10-11H2,1-4H3. The number of ether oxygens (including phenoxy) is 1. The third-order valence-electron chi connectivity index (χ3n) is 3.47. The lowest BCUT2D eigenvalue weighted by atomic mass is 10.0. The van der Waals surface area contributed by atoms with E-state index in [1.165, 1.54) is 12.7 Å². The summed E-state index contributed by atoms with van der Waals surface area (Å²) in [7, 11) is -1.67. The van der Waals surface area contributed by atoms with E-state index in [9.17, 15) is 8.42 Å². The van der Waals surface area contributed by atoms with Crippen LogP contribution in [-0.4, -0.2) is 39.7 Å². The highest BCUT2D eigenvalue weighted by molar-refractivity contribution is 7.92. The van der Waals surface area contributed by atoms with Crippen LogP contribution in [0.15, 0.2) is 24.3 Å². The van der Waals surface area contributed by atoms with Crippen molar-refractivity contribution in [3.05, 3.63) is 35.4 Å². The molecule has 0 aromatic heterocycles. The molecule has 0 saturated carbocycles. The zero-order valence-corrected chi connectivity index (χ0v) is 13.5. The molecule has 0 fully saturated rings. The Hall–Kier alpha value is -0.910. The van der Waals surface area contributed by atoms with Gasteiger partial charge in [0.1, 0.15) is 0 Å². The molecule has 20 heavy (non-hydrogen) atoms. The molecule has 2 atom stereocenters. The fraction of sp³-hybridized carbons (Fsp3) is 0.600. The minimum atomic E-state index is -3.19. The van der Waals surface area contributed by atoms with Gasteiger partial charge in [-0.2, -0.15) is 0 Å².